The molecule has 0 aliphatic carbocycles. The third-order valence-corrected chi connectivity index (χ3v) is 13.3. The van der Waals surface area contributed by atoms with Crippen molar-refractivity contribution in [3.63, 3.8) is 0 Å². The molecule has 0 saturated heterocycles. The summed E-state index contributed by atoms with van der Waals surface area (Å²) < 4.78 is 60.4. The molecule has 0 aliphatic heterocycles. The van der Waals surface area contributed by atoms with E-state index in [0.29, 0.717) is 25.7 Å². The number of carbonyl (C=O) groups excluding carboxylic acids is 3. The second kappa shape index (κ2) is 54.8. The van der Waals surface area contributed by atoms with Crippen LogP contribution in [0.4, 0.5) is 0 Å². The predicted octanol–water partition coefficient (Wildman–Crippen LogP) is 15.0. The van der Waals surface area contributed by atoms with Gasteiger partial charge < -0.3 is 34.2 Å². The maximum Gasteiger partial charge on any atom is 0.472 e. The molecule has 0 fully saturated rings. The van der Waals surface area contributed by atoms with Crippen LogP contribution in [-0.2, 0) is 55.8 Å². The van der Waals surface area contributed by atoms with Gasteiger partial charge >= 0.3 is 33.6 Å². The molecule has 5 atom stereocenters. The van der Waals surface area contributed by atoms with Crippen molar-refractivity contribution in [2.75, 3.05) is 39.6 Å². The zero-order chi connectivity index (χ0) is 58.2. The third-order valence-electron chi connectivity index (χ3n) is 11.4. The van der Waals surface area contributed by atoms with Gasteiger partial charge in [-0.15, -0.1) is 0 Å². The van der Waals surface area contributed by atoms with Gasteiger partial charge in [-0.3, -0.25) is 32.5 Å². The Morgan fingerprint density at radius 3 is 1.20 bits per heavy atom. The molecule has 0 spiro atoms. The predicted molar refractivity (Wildman–Crippen MR) is 316 cm³/mol. The van der Waals surface area contributed by atoms with Crippen molar-refractivity contribution >= 4 is 33.6 Å². The first-order valence-electron chi connectivity index (χ1n) is 29.2. The highest BCUT2D eigenvalue weighted by atomic mass is 31.2. The number of phosphoric ester groups is 2. The van der Waals surface area contributed by atoms with Crippen LogP contribution in [0.15, 0.2) is 109 Å². The van der Waals surface area contributed by atoms with Gasteiger partial charge in [0.05, 0.1) is 26.4 Å². The lowest BCUT2D eigenvalue weighted by Gasteiger charge is -2.21. The first kappa shape index (κ1) is 75.2. The van der Waals surface area contributed by atoms with Crippen LogP contribution in [0.25, 0.3) is 0 Å². The molecule has 79 heavy (non-hydrogen) atoms. The van der Waals surface area contributed by atoms with E-state index in [9.17, 15) is 43.5 Å². The maximum absolute atomic E-state index is 12.8. The standard InChI is InChI=1S/C61H102O16P2/c1-4-7-10-13-16-19-22-24-25-26-27-28-29-31-34-35-38-41-44-47-59(64)71-50-56(62)51-73-78(67,68)74-52-57(63)53-75-79(69,70)76-55-58(77-61(66)49-46-43-40-37-32-21-18-15-12-9-6-3)54-72-60(65)48-45-42-39-36-33-30-23-20-17-14-11-8-5-2/h7,10-11,14-16,18-20,23-25,27-28,31,34,38,41,56-58,62-63H,4-6,8-9,12-13,17,21-22,26,29-30,32-33,35-37,39-40,42-55H2,1-3H3,(H,67,68)(H,69,70)/b10-7-,14-11-,18-15-,19-16-,23-20-,25-24-,28-27-,34-31-,41-38-. The summed E-state index contributed by atoms with van der Waals surface area (Å²) in [5.74, 6) is -1.70. The van der Waals surface area contributed by atoms with Crippen molar-refractivity contribution in [2.24, 2.45) is 0 Å². The van der Waals surface area contributed by atoms with E-state index < -0.39 is 91.5 Å². The van der Waals surface area contributed by atoms with E-state index in [4.69, 9.17) is 32.3 Å². The highest BCUT2D eigenvalue weighted by Crippen LogP contribution is 2.45. The fourth-order valence-corrected chi connectivity index (χ4v) is 8.55. The van der Waals surface area contributed by atoms with Gasteiger partial charge in [-0.25, -0.2) is 9.13 Å². The van der Waals surface area contributed by atoms with Gasteiger partial charge in [0.25, 0.3) is 0 Å². The van der Waals surface area contributed by atoms with E-state index in [2.05, 4.69) is 112 Å². The summed E-state index contributed by atoms with van der Waals surface area (Å²) in [6.07, 6.45) is 57.6. The molecule has 0 amide bonds. The number of rotatable bonds is 54. The lowest BCUT2D eigenvalue weighted by atomic mass is 10.1. The van der Waals surface area contributed by atoms with Crippen molar-refractivity contribution in [1.82, 2.24) is 0 Å². The van der Waals surface area contributed by atoms with Crippen LogP contribution < -0.4 is 0 Å². The first-order valence-corrected chi connectivity index (χ1v) is 32.2. The second-order valence-electron chi connectivity index (χ2n) is 19.1. The fraction of sp³-hybridized carbons (Fsp3) is 0.656. The van der Waals surface area contributed by atoms with Crippen LogP contribution in [0.2, 0.25) is 0 Å². The highest BCUT2D eigenvalue weighted by Gasteiger charge is 2.29. The Morgan fingerprint density at radius 1 is 0.367 bits per heavy atom. The Morgan fingerprint density at radius 2 is 0.722 bits per heavy atom. The van der Waals surface area contributed by atoms with Gasteiger partial charge in [-0.1, -0.05) is 188 Å². The Hall–Kier alpha value is -3.79. The number of esters is 3. The summed E-state index contributed by atoms with van der Waals surface area (Å²) in [5.41, 5.74) is 0. The Kier molecular flexibility index (Phi) is 52.2. The molecular formula is C61H102O16P2. The van der Waals surface area contributed by atoms with Crippen LogP contribution in [0, 0.1) is 0 Å². The first-order chi connectivity index (χ1) is 38.2. The van der Waals surface area contributed by atoms with Gasteiger partial charge in [-0.2, -0.15) is 0 Å². The van der Waals surface area contributed by atoms with E-state index >= 15 is 0 Å². The second-order valence-corrected chi connectivity index (χ2v) is 22.0. The van der Waals surface area contributed by atoms with Crippen molar-refractivity contribution in [3.05, 3.63) is 109 Å². The summed E-state index contributed by atoms with van der Waals surface area (Å²) in [5, 5.41) is 20.4. The van der Waals surface area contributed by atoms with Gasteiger partial charge in [-0.05, 0) is 103 Å². The van der Waals surface area contributed by atoms with Crippen LogP contribution in [0.3, 0.4) is 0 Å². The average Bonchev–Trinajstić information content (AvgIpc) is 3.42. The number of ether oxygens (including phenoxy) is 3. The summed E-state index contributed by atoms with van der Waals surface area (Å²) in [6.45, 7) is 2.28. The molecule has 0 rings (SSSR count). The highest BCUT2D eigenvalue weighted by molar-refractivity contribution is 7.47. The van der Waals surface area contributed by atoms with E-state index in [1.807, 2.05) is 18.2 Å². The molecule has 0 radical (unpaired) electrons. The Bertz CT molecular complexity index is 1890. The van der Waals surface area contributed by atoms with Crippen LogP contribution in [0.1, 0.15) is 201 Å². The fourth-order valence-electron chi connectivity index (χ4n) is 6.96. The van der Waals surface area contributed by atoms with Crippen molar-refractivity contribution in [1.29, 1.82) is 0 Å². The normalized spacial score (nSPS) is 15.3. The van der Waals surface area contributed by atoms with Gasteiger partial charge in [0.1, 0.15) is 25.4 Å². The number of unbranched alkanes of at least 4 members (excludes halogenated alkanes) is 13. The molecular weight excluding hydrogens is 1050 g/mol. The number of hydrogen-bond donors (Lipinski definition) is 4. The molecule has 0 aliphatic rings. The summed E-state index contributed by atoms with van der Waals surface area (Å²) in [4.78, 5) is 57.9. The topological polar surface area (TPSA) is 231 Å². The molecule has 0 saturated carbocycles. The summed E-state index contributed by atoms with van der Waals surface area (Å²) in [6, 6.07) is 0. The monoisotopic (exact) mass is 1150 g/mol. The van der Waals surface area contributed by atoms with E-state index in [0.717, 1.165) is 122 Å². The molecule has 4 N–H and O–H groups in total. The Balaban J connectivity index is 4.70. The minimum Gasteiger partial charge on any atom is -0.463 e. The molecule has 16 nitrogen and oxygen atoms in total. The smallest absolute Gasteiger partial charge is 0.463 e. The van der Waals surface area contributed by atoms with Crippen molar-refractivity contribution < 1.29 is 75.8 Å². The zero-order valence-electron chi connectivity index (χ0n) is 48.2. The van der Waals surface area contributed by atoms with Gasteiger partial charge in [0, 0.05) is 19.3 Å². The van der Waals surface area contributed by atoms with Crippen molar-refractivity contribution in [2.45, 2.75) is 219 Å². The number of aliphatic hydroxyl groups excluding tert-OH is 2. The van der Waals surface area contributed by atoms with E-state index in [1.54, 1.807) is 0 Å². The molecule has 0 bridgehead atoms. The number of carbonyl (C=O) groups is 3. The van der Waals surface area contributed by atoms with Gasteiger partial charge in [0.2, 0.25) is 0 Å². The van der Waals surface area contributed by atoms with E-state index in [-0.39, 0.29) is 19.3 Å². The number of phosphoric acid groups is 2. The molecule has 18 heteroatoms. The summed E-state index contributed by atoms with van der Waals surface area (Å²) >= 11 is 0. The number of hydrogen-bond acceptors (Lipinski definition) is 14. The molecule has 0 heterocycles. The number of allylic oxidation sites excluding steroid dienone is 18. The van der Waals surface area contributed by atoms with E-state index in [1.165, 1.54) is 12.8 Å². The maximum atomic E-state index is 12.8. The largest absolute Gasteiger partial charge is 0.472 e. The Labute approximate surface area is 475 Å². The average molecular weight is 1150 g/mol. The van der Waals surface area contributed by atoms with Crippen LogP contribution in [-0.4, -0.2) is 95.9 Å². The quantitative estimate of drug-likeness (QED) is 0.0146. The zero-order valence-corrected chi connectivity index (χ0v) is 50.0. The molecule has 0 aromatic rings. The van der Waals surface area contributed by atoms with Crippen molar-refractivity contribution in [3.8, 4) is 0 Å². The minimum atomic E-state index is -4.92. The molecule has 452 valence electrons. The van der Waals surface area contributed by atoms with Crippen LogP contribution >= 0.6 is 15.6 Å². The minimum absolute atomic E-state index is 0.0576. The van der Waals surface area contributed by atoms with Gasteiger partial charge in [0.15, 0.2) is 6.10 Å². The van der Waals surface area contributed by atoms with Crippen LogP contribution in [0.5, 0.6) is 0 Å². The SMILES string of the molecule is CC/C=C\C/C=C\C/C=C\C/C=C\C/C=C\C/C=C\CCC(=O)OCC(O)COP(=O)(O)OCC(O)COP(=O)(O)OCC(COC(=O)CCCCCCC/C=C\C/C=C\CCC)OC(=O)CCCCCCC/C=C\CCCC. The summed E-state index contributed by atoms with van der Waals surface area (Å²) in [7, 11) is -9.78. The lowest BCUT2D eigenvalue weighted by molar-refractivity contribution is -0.161. The molecule has 0 aromatic carbocycles. The lowest BCUT2D eigenvalue weighted by Crippen LogP contribution is -2.30. The molecule has 5 unspecified atom stereocenters. The third kappa shape index (κ3) is 55.9. The number of aliphatic hydroxyl groups is 2. The molecule has 0 aromatic heterocycles.